The first-order valence-electron chi connectivity index (χ1n) is 6.41. The summed E-state index contributed by atoms with van der Waals surface area (Å²) in [5.41, 5.74) is 1.70. The van der Waals surface area contributed by atoms with Gasteiger partial charge in [-0.15, -0.1) is 11.3 Å². The van der Waals surface area contributed by atoms with E-state index in [2.05, 4.69) is 0 Å². The molecule has 0 aliphatic heterocycles. The van der Waals surface area contributed by atoms with Gasteiger partial charge in [-0.2, -0.15) is 0 Å². The number of hydrogen-bond donors (Lipinski definition) is 0. The maximum atomic E-state index is 12.2. The Balaban J connectivity index is 2.34. The molecule has 0 aliphatic carbocycles. The molecule has 0 fully saturated rings. The number of carbonyl (C=O) groups excluding carboxylic acids is 2. The van der Waals surface area contributed by atoms with Crippen molar-refractivity contribution in [3.8, 4) is 0 Å². The summed E-state index contributed by atoms with van der Waals surface area (Å²) in [6.45, 7) is 0. The summed E-state index contributed by atoms with van der Waals surface area (Å²) < 4.78 is 0. The molecule has 0 N–H and O–H groups in total. The van der Waals surface area contributed by atoms with Crippen molar-refractivity contribution >= 4 is 29.1 Å². The SMILES string of the molecule is CN(C=O)/C=C\C(=C\C(=O)c1cccs1)c1ccccc1. The smallest absolute Gasteiger partial charge is 0.213 e. The summed E-state index contributed by atoms with van der Waals surface area (Å²) in [5, 5.41) is 1.87. The van der Waals surface area contributed by atoms with Crippen molar-refractivity contribution in [1.82, 2.24) is 4.90 Å². The first kappa shape index (κ1) is 14.9. The third-order valence-corrected chi connectivity index (χ3v) is 3.70. The topological polar surface area (TPSA) is 37.4 Å². The normalized spacial score (nSPS) is 11.6. The zero-order chi connectivity index (χ0) is 15.1. The van der Waals surface area contributed by atoms with Crippen molar-refractivity contribution in [3.63, 3.8) is 0 Å². The first-order valence-corrected chi connectivity index (χ1v) is 7.29. The molecular formula is C17H15NO2S. The molecule has 0 radical (unpaired) electrons. The van der Waals surface area contributed by atoms with E-state index in [0.29, 0.717) is 11.3 Å². The number of hydrogen-bond acceptors (Lipinski definition) is 3. The molecule has 0 aliphatic rings. The molecule has 1 aromatic heterocycles. The van der Waals surface area contributed by atoms with Crippen molar-refractivity contribution in [2.45, 2.75) is 0 Å². The van der Waals surface area contributed by atoms with Gasteiger partial charge < -0.3 is 4.90 Å². The highest BCUT2D eigenvalue weighted by molar-refractivity contribution is 7.12. The quantitative estimate of drug-likeness (QED) is 0.353. The van der Waals surface area contributed by atoms with Crippen LogP contribution in [-0.2, 0) is 4.79 Å². The summed E-state index contributed by atoms with van der Waals surface area (Å²) in [4.78, 5) is 25.0. The number of carbonyl (C=O) groups is 2. The van der Waals surface area contributed by atoms with E-state index in [-0.39, 0.29) is 5.78 Å². The van der Waals surface area contributed by atoms with Gasteiger partial charge >= 0.3 is 0 Å². The first-order chi connectivity index (χ1) is 10.2. The minimum Gasteiger partial charge on any atom is -0.325 e. The number of nitrogens with zero attached hydrogens (tertiary/aromatic N) is 1. The highest BCUT2D eigenvalue weighted by Crippen LogP contribution is 2.18. The monoisotopic (exact) mass is 297 g/mol. The number of benzene rings is 1. The standard InChI is InChI=1S/C17H15NO2S/c1-18(13-19)10-9-15(14-6-3-2-4-7-14)12-16(20)17-8-5-11-21-17/h2-13H,1H3/b10-9-,15-12-. The van der Waals surface area contributed by atoms with E-state index in [4.69, 9.17) is 0 Å². The second-order valence-corrected chi connectivity index (χ2v) is 5.34. The summed E-state index contributed by atoms with van der Waals surface area (Å²) in [7, 11) is 1.65. The highest BCUT2D eigenvalue weighted by Gasteiger charge is 2.06. The molecule has 0 bridgehead atoms. The second kappa shape index (κ2) is 7.36. The number of amides is 1. The Hall–Kier alpha value is -2.46. The molecule has 1 amide bonds. The minimum absolute atomic E-state index is 0.0396. The summed E-state index contributed by atoms with van der Waals surface area (Å²) in [6, 6.07) is 13.3. The van der Waals surface area contributed by atoms with Gasteiger partial charge in [0, 0.05) is 13.2 Å². The van der Waals surface area contributed by atoms with Crippen LogP contribution in [0.1, 0.15) is 15.2 Å². The molecule has 3 nitrogen and oxygen atoms in total. The molecule has 0 saturated carbocycles. The number of allylic oxidation sites excluding steroid dienone is 3. The maximum Gasteiger partial charge on any atom is 0.213 e. The molecular weight excluding hydrogens is 282 g/mol. The van der Waals surface area contributed by atoms with Crippen LogP contribution in [0.15, 0.2) is 66.2 Å². The Morgan fingerprint density at radius 3 is 2.52 bits per heavy atom. The zero-order valence-electron chi connectivity index (χ0n) is 11.6. The Kier molecular flexibility index (Phi) is 5.23. The third-order valence-electron chi connectivity index (χ3n) is 2.81. The van der Waals surface area contributed by atoms with Crippen LogP contribution in [0.25, 0.3) is 5.57 Å². The lowest BCUT2D eigenvalue weighted by Crippen LogP contribution is -2.06. The van der Waals surface area contributed by atoms with Crippen molar-refractivity contribution in [3.05, 3.63) is 76.6 Å². The molecule has 1 heterocycles. The summed E-state index contributed by atoms with van der Waals surface area (Å²) in [5.74, 6) is -0.0396. The minimum atomic E-state index is -0.0396. The Labute approximate surface area is 127 Å². The van der Waals surface area contributed by atoms with Crippen LogP contribution in [0.4, 0.5) is 0 Å². The number of thiophene rings is 1. The van der Waals surface area contributed by atoms with E-state index in [9.17, 15) is 9.59 Å². The van der Waals surface area contributed by atoms with Crippen molar-refractivity contribution in [2.75, 3.05) is 7.05 Å². The predicted octanol–water partition coefficient (Wildman–Crippen LogP) is 3.62. The van der Waals surface area contributed by atoms with Gasteiger partial charge in [0.15, 0.2) is 5.78 Å². The van der Waals surface area contributed by atoms with Crippen LogP contribution in [-0.4, -0.2) is 24.1 Å². The van der Waals surface area contributed by atoms with E-state index in [1.54, 1.807) is 31.5 Å². The zero-order valence-corrected chi connectivity index (χ0v) is 12.4. The molecule has 2 rings (SSSR count). The van der Waals surface area contributed by atoms with E-state index in [0.717, 1.165) is 11.1 Å². The fourth-order valence-electron chi connectivity index (χ4n) is 1.72. The van der Waals surface area contributed by atoms with E-state index < -0.39 is 0 Å². The average Bonchev–Trinajstić information content (AvgIpc) is 3.06. The van der Waals surface area contributed by atoms with E-state index in [1.165, 1.54) is 16.2 Å². The van der Waals surface area contributed by atoms with E-state index >= 15 is 0 Å². The van der Waals surface area contributed by atoms with Crippen LogP contribution >= 0.6 is 11.3 Å². The lowest BCUT2D eigenvalue weighted by atomic mass is 10.0. The highest BCUT2D eigenvalue weighted by atomic mass is 32.1. The Bertz CT molecular complexity index is 657. The largest absolute Gasteiger partial charge is 0.325 e. The Morgan fingerprint density at radius 2 is 1.90 bits per heavy atom. The van der Waals surface area contributed by atoms with Gasteiger partial charge in [0.1, 0.15) is 0 Å². The van der Waals surface area contributed by atoms with Gasteiger partial charge in [-0.1, -0.05) is 36.4 Å². The molecule has 1 aromatic carbocycles. The van der Waals surface area contributed by atoms with Gasteiger partial charge in [0.2, 0.25) is 6.41 Å². The molecule has 0 saturated heterocycles. The average molecular weight is 297 g/mol. The second-order valence-electron chi connectivity index (χ2n) is 4.39. The lowest BCUT2D eigenvalue weighted by Gasteiger charge is -2.05. The summed E-state index contributed by atoms with van der Waals surface area (Å²) >= 11 is 1.41. The van der Waals surface area contributed by atoms with Crippen LogP contribution in [0.5, 0.6) is 0 Å². The molecule has 0 atom stereocenters. The fraction of sp³-hybridized carbons (Fsp3) is 0.0588. The number of ketones is 1. The van der Waals surface area contributed by atoms with Crippen molar-refractivity contribution < 1.29 is 9.59 Å². The Morgan fingerprint density at radius 1 is 1.14 bits per heavy atom. The van der Waals surface area contributed by atoms with Crippen LogP contribution < -0.4 is 0 Å². The molecule has 21 heavy (non-hydrogen) atoms. The van der Waals surface area contributed by atoms with Crippen molar-refractivity contribution in [2.24, 2.45) is 0 Å². The maximum absolute atomic E-state index is 12.2. The van der Waals surface area contributed by atoms with Crippen LogP contribution in [0.3, 0.4) is 0 Å². The van der Waals surface area contributed by atoms with Crippen LogP contribution in [0, 0.1) is 0 Å². The van der Waals surface area contributed by atoms with Gasteiger partial charge in [0.25, 0.3) is 0 Å². The fourth-order valence-corrected chi connectivity index (χ4v) is 2.36. The van der Waals surface area contributed by atoms with E-state index in [1.807, 2.05) is 41.8 Å². The molecule has 0 spiro atoms. The molecule has 4 heteroatoms. The lowest BCUT2D eigenvalue weighted by molar-refractivity contribution is -0.114. The van der Waals surface area contributed by atoms with Crippen LogP contribution in [0.2, 0.25) is 0 Å². The van der Waals surface area contributed by atoms with Gasteiger partial charge in [-0.3, -0.25) is 9.59 Å². The van der Waals surface area contributed by atoms with Gasteiger partial charge in [-0.25, -0.2) is 0 Å². The molecule has 0 unspecified atom stereocenters. The number of rotatable bonds is 6. The van der Waals surface area contributed by atoms with Crippen molar-refractivity contribution in [1.29, 1.82) is 0 Å². The van der Waals surface area contributed by atoms with Gasteiger partial charge in [-0.05, 0) is 34.7 Å². The molecule has 106 valence electrons. The summed E-state index contributed by atoms with van der Waals surface area (Å²) in [6.07, 6.45) is 5.69. The van der Waals surface area contributed by atoms with Gasteiger partial charge in [0.05, 0.1) is 4.88 Å². The molecule has 2 aromatic rings. The third kappa shape index (κ3) is 4.26. The predicted molar refractivity (Wildman–Crippen MR) is 86.0 cm³/mol.